The number of hydrogen-bond donors (Lipinski definition) is 1. The first-order chi connectivity index (χ1) is 22.0. The van der Waals surface area contributed by atoms with Crippen molar-refractivity contribution < 1.29 is 19.4 Å². The van der Waals surface area contributed by atoms with Gasteiger partial charge in [-0.25, -0.2) is 9.78 Å². The quantitative estimate of drug-likeness (QED) is 0.0963. The molecule has 254 valence electrons. The summed E-state index contributed by atoms with van der Waals surface area (Å²) in [6.45, 7) is 21.4. The molecule has 0 atom stereocenters. The van der Waals surface area contributed by atoms with E-state index >= 15 is 0 Å². The number of aromatic nitrogens is 4. The highest BCUT2D eigenvalue weighted by Gasteiger charge is 2.41. The minimum absolute atomic E-state index is 0.0000557. The number of carboxylic acids is 1. The van der Waals surface area contributed by atoms with Crippen LogP contribution in [-0.4, -0.2) is 65.5 Å². The monoisotopic (exact) mass is 712 g/mol. The Morgan fingerprint density at radius 1 is 1.09 bits per heavy atom. The summed E-state index contributed by atoms with van der Waals surface area (Å²) in [5, 5.41) is 21.0. The number of carbonyl (C=O) groups is 2. The average Bonchev–Trinajstić information content (AvgIpc) is 3.60. The number of thiazole rings is 2. The number of aromatic carboxylic acids is 1. The molecule has 0 radical (unpaired) electrons. The van der Waals surface area contributed by atoms with Crippen LogP contribution in [0.3, 0.4) is 0 Å². The van der Waals surface area contributed by atoms with Gasteiger partial charge in [-0.1, -0.05) is 77.0 Å². The van der Waals surface area contributed by atoms with Crippen LogP contribution in [0.25, 0.3) is 10.2 Å². The molecule has 0 saturated carbocycles. The number of benzene rings is 1. The van der Waals surface area contributed by atoms with Crippen LogP contribution >= 0.6 is 22.7 Å². The fourth-order valence-electron chi connectivity index (χ4n) is 4.64. The summed E-state index contributed by atoms with van der Waals surface area (Å²) in [6, 6.07) is 11.2. The van der Waals surface area contributed by atoms with Gasteiger partial charge >= 0.3 is 5.97 Å². The van der Waals surface area contributed by atoms with Gasteiger partial charge in [0, 0.05) is 33.0 Å². The van der Waals surface area contributed by atoms with Crippen molar-refractivity contribution in [3.8, 4) is 0 Å². The molecule has 14 heteroatoms. The number of fused-ring (bicyclic) bond motifs is 1. The molecule has 0 aliphatic heterocycles. The van der Waals surface area contributed by atoms with E-state index in [1.165, 1.54) is 16.7 Å². The van der Waals surface area contributed by atoms with Crippen molar-refractivity contribution in [3.63, 3.8) is 0 Å². The molecule has 0 bridgehead atoms. The Morgan fingerprint density at radius 3 is 2.45 bits per heavy atom. The summed E-state index contributed by atoms with van der Waals surface area (Å²) in [5.41, 5.74) is 1.87. The van der Waals surface area contributed by atoms with Gasteiger partial charge < -0.3 is 19.5 Å². The highest BCUT2D eigenvalue weighted by atomic mass is 32.1. The van der Waals surface area contributed by atoms with Gasteiger partial charge in [0.05, 0.1) is 10.2 Å². The number of hydrogen-bond acceptors (Lipinski definition) is 10. The number of nitrogens with zero attached hydrogens (tertiary/aromatic N) is 6. The van der Waals surface area contributed by atoms with E-state index in [1.807, 2.05) is 30.0 Å². The van der Waals surface area contributed by atoms with Crippen LogP contribution in [0.2, 0.25) is 43.8 Å². The zero-order valence-electron chi connectivity index (χ0n) is 29.1. The molecular formula is C33H48N6O4S2Si2. The topological polar surface area (TPSA) is 123 Å². The predicted molar refractivity (Wildman–Crippen MR) is 198 cm³/mol. The molecule has 4 aromatic rings. The highest BCUT2D eigenvalue weighted by Crippen LogP contribution is 2.37. The van der Waals surface area contributed by atoms with Crippen molar-refractivity contribution >= 4 is 77.2 Å². The van der Waals surface area contributed by atoms with Gasteiger partial charge in [-0.2, -0.15) is 4.99 Å². The molecule has 3 aromatic heterocycles. The Labute approximate surface area is 287 Å². The Balaban J connectivity index is 1.59. The maximum Gasteiger partial charge on any atom is 0.355 e. The van der Waals surface area contributed by atoms with Crippen molar-refractivity contribution in [2.24, 2.45) is 4.99 Å². The first kappa shape index (κ1) is 36.8. The zero-order chi connectivity index (χ0) is 34.6. The molecular weight excluding hydrogens is 665 g/mol. The van der Waals surface area contributed by atoms with Crippen LogP contribution in [0, 0.1) is 6.92 Å². The maximum absolute atomic E-state index is 13.1. The normalized spacial score (nSPS) is 13.0. The largest absolute Gasteiger partial charge is 0.476 e. The Bertz CT molecular complexity index is 1790. The fraction of sp³-hybridized carbons (Fsp3) is 0.515. The zero-order valence-corrected chi connectivity index (χ0v) is 32.7. The van der Waals surface area contributed by atoms with E-state index < -0.39 is 22.1 Å². The van der Waals surface area contributed by atoms with Crippen molar-refractivity contribution in [2.45, 2.75) is 97.5 Å². The van der Waals surface area contributed by atoms with Gasteiger partial charge in [0.2, 0.25) is 0 Å². The molecule has 0 spiro atoms. The minimum atomic E-state index is -2.07. The molecule has 1 aromatic carbocycles. The summed E-state index contributed by atoms with van der Waals surface area (Å²) >= 11 is 2.83. The highest BCUT2D eigenvalue weighted by molar-refractivity contribution is 7.16. The first-order valence-corrected chi connectivity index (χ1v) is 24.4. The smallest absolute Gasteiger partial charge is 0.355 e. The lowest BCUT2D eigenvalue weighted by molar-refractivity contribution is -0.113. The number of anilines is 2. The van der Waals surface area contributed by atoms with E-state index in [2.05, 4.69) is 85.4 Å². The summed E-state index contributed by atoms with van der Waals surface area (Å²) in [7, 11) is -3.28. The Hall–Kier alpha value is -3.05. The third-order valence-electron chi connectivity index (χ3n) is 8.78. The molecule has 0 aliphatic rings. The van der Waals surface area contributed by atoms with E-state index in [1.54, 1.807) is 11.3 Å². The number of rotatable bonds is 15. The standard InChI is InChI=1S/C33H48N6O4S2Si2/c1-23-20-27(38(31-34-24(21-44-31)30(41)42)17-13-12-16-28(40)47(8,9)33(2,3)4)36-37-29(23)35-32-39(22-43-18-19-46(5,6)7)25-14-10-11-15-26(25)45-32/h10-11,14-15,20-21H,12-13,16-19,22H2,1-9H3,(H,41,42)/b35-32-. The predicted octanol–water partition coefficient (Wildman–Crippen LogP) is 8.43. The van der Waals surface area contributed by atoms with Gasteiger partial charge in [-0.15, -0.1) is 21.5 Å². The second-order valence-electron chi connectivity index (χ2n) is 14.7. The minimum Gasteiger partial charge on any atom is -0.476 e. The molecule has 0 aliphatic carbocycles. The van der Waals surface area contributed by atoms with Gasteiger partial charge in [0.15, 0.2) is 27.3 Å². The molecule has 47 heavy (non-hydrogen) atoms. The molecule has 4 rings (SSSR count). The number of carbonyl (C=O) groups excluding carboxylic acids is 1. The van der Waals surface area contributed by atoms with Gasteiger partial charge in [0.25, 0.3) is 0 Å². The lowest BCUT2D eigenvalue weighted by atomic mass is 10.2. The molecule has 0 saturated heterocycles. The second-order valence-corrected chi connectivity index (χ2v) is 27.5. The number of aryl methyl sites for hydroxylation is 1. The van der Waals surface area contributed by atoms with Crippen LogP contribution in [0.5, 0.6) is 0 Å². The van der Waals surface area contributed by atoms with E-state index in [4.69, 9.17) is 9.73 Å². The number of carboxylic acid groups (broad SMARTS) is 1. The SMILES string of the molecule is Cc1cc(N(CCCCC(=O)[Si](C)(C)C(C)(C)C)c2nc(C(=O)O)cs2)nnc1/N=c1\sc2ccccc2n1COCC[Si](C)(C)C. The third-order valence-corrected chi connectivity index (χ3v) is 17.8. The van der Waals surface area contributed by atoms with E-state index in [0.717, 1.165) is 33.0 Å². The van der Waals surface area contributed by atoms with Crippen LogP contribution in [0.1, 0.15) is 56.1 Å². The molecule has 10 nitrogen and oxygen atoms in total. The molecule has 3 heterocycles. The molecule has 0 fully saturated rings. The van der Waals surface area contributed by atoms with Gasteiger partial charge in [-0.05, 0) is 54.6 Å². The van der Waals surface area contributed by atoms with Gasteiger partial charge in [-0.3, -0.25) is 4.57 Å². The van der Waals surface area contributed by atoms with Crippen molar-refractivity contribution in [3.05, 3.63) is 51.8 Å². The van der Waals surface area contributed by atoms with Gasteiger partial charge in [0.1, 0.15) is 20.2 Å². The van der Waals surface area contributed by atoms with E-state index in [0.29, 0.717) is 54.9 Å². The summed E-state index contributed by atoms with van der Waals surface area (Å²) < 4.78 is 9.31. The van der Waals surface area contributed by atoms with Crippen molar-refractivity contribution in [1.29, 1.82) is 0 Å². The summed E-state index contributed by atoms with van der Waals surface area (Å²) in [5.74, 6) is -0.0197. The second kappa shape index (κ2) is 15.0. The maximum atomic E-state index is 13.1. The lowest BCUT2D eigenvalue weighted by Crippen LogP contribution is -2.46. The Kier molecular flexibility index (Phi) is 11.8. The first-order valence-electron chi connectivity index (χ1n) is 16.0. The molecule has 1 N–H and O–H groups in total. The number of ether oxygens (including phenoxy) is 1. The van der Waals surface area contributed by atoms with Crippen molar-refractivity contribution in [2.75, 3.05) is 18.1 Å². The Morgan fingerprint density at radius 2 is 1.81 bits per heavy atom. The van der Waals surface area contributed by atoms with Crippen LogP contribution in [0.4, 0.5) is 16.8 Å². The van der Waals surface area contributed by atoms with Crippen molar-refractivity contribution in [1.82, 2.24) is 19.7 Å². The van der Waals surface area contributed by atoms with Crippen LogP contribution < -0.4 is 9.70 Å². The summed E-state index contributed by atoms with van der Waals surface area (Å²) in [6.07, 6.45) is 1.97. The third kappa shape index (κ3) is 9.31. The molecule has 0 amide bonds. The number of unbranched alkanes of at least 4 members (excludes halogenated alkanes) is 1. The lowest BCUT2D eigenvalue weighted by Gasteiger charge is -2.35. The molecule has 0 unspecified atom stereocenters. The average molecular weight is 713 g/mol. The van der Waals surface area contributed by atoms with E-state index in [9.17, 15) is 14.7 Å². The van der Waals surface area contributed by atoms with E-state index in [-0.39, 0.29) is 10.7 Å². The fourth-order valence-corrected chi connectivity index (χ4v) is 8.89. The van der Waals surface area contributed by atoms with Crippen LogP contribution in [-0.2, 0) is 16.3 Å². The summed E-state index contributed by atoms with van der Waals surface area (Å²) in [4.78, 5) is 36.7. The number of para-hydroxylation sites is 1. The van der Waals surface area contributed by atoms with Crippen LogP contribution in [0.15, 0.2) is 40.7 Å².